The number of hydrogen-bond acceptors (Lipinski definition) is 3. The highest BCUT2D eigenvalue weighted by atomic mass is 16.5. The van der Waals surface area contributed by atoms with Crippen molar-refractivity contribution in [1.29, 1.82) is 0 Å². The number of fused-ring (bicyclic) bond motifs is 4. The first kappa shape index (κ1) is 14.9. The number of hydrogen-bond donors (Lipinski definition) is 1. The van der Waals surface area contributed by atoms with Gasteiger partial charge in [0.25, 0.3) is 0 Å². The standard InChI is InChI=1S/C17H22N2O3/c1-3-4-9-19-16(21)14(15(18)20)12-10-17(19,2)22-13-8-6-5-7-11(12)13/h5-8,12,14H,3-4,9-10H2,1-2H3,(H2,18,20). The summed E-state index contributed by atoms with van der Waals surface area (Å²) in [5.74, 6) is -0.987. The Bertz CT molecular complexity index is 616. The van der Waals surface area contributed by atoms with E-state index in [4.69, 9.17) is 10.5 Å². The van der Waals surface area contributed by atoms with Crippen molar-refractivity contribution in [2.45, 2.75) is 44.8 Å². The molecule has 2 aliphatic rings. The lowest BCUT2D eigenvalue weighted by Gasteiger charge is -2.52. The quantitative estimate of drug-likeness (QED) is 0.865. The van der Waals surface area contributed by atoms with E-state index >= 15 is 0 Å². The second kappa shape index (κ2) is 5.30. The predicted octanol–water partition coefficient (Wildman–Crippen LogP) is 2.01. The molecule has 0 spiro atoms. The first-order chi connectivity index (χ1) is 10.5. The van der Waals surface area contributed by atoms with Crippen molar-refractivity contribution in [1.82, 2.24) is 4.90 Å². The van der Waals surface area contributed by atoms with Crippen LogP contribution in [0.1, 0.15) is 44.6 Å². The smallest absolute Gasteiger partial charge is 0.238 e. The van der Waals surface area contributed by atoms with Crippen molar-refractivity contribution in [2.75, 3.05) is 6.54 Å². The molecule has 0 saturated carbocycles. The number of likely N-dealkylation sites (tertiary alicyclic amines) is 1. The van der Waals surface area contributed by atoms with E-state index < -0.39 is 17.6 Å². The molecule has 2 heterocycles. The largest absolute Gasteiger partial charge is 0.468 e. The monoisotopic (exact) mass is 302 g/mol. The zero-order valence-electron chi connectivity index (χ0n) is 13.0. The molecule has 0 aromatic heterocycles. The fourth-order valence-corrected chi connectivity index (χ4v) is 3.70. The molecule has 1 aromatic carbocycles. The molecule has 22 heavy (non-hydrogen) atoms. The molecule has 1 saturated heterocycles. The summed E-state index contributed by atoms with van der Waals surface area (Å²) in [5.41, 5.74) is 5.77. The van der Waals surface area contributed by atoms with Crippen LogP contribution in [0.4, 0.5) is 0 Å². The summed E-state index contributed by atoms with van der Waals surface area (Å²) in [7, 11) is 0. The molecule has 0 aliphatic carbocycles. The van der Waals surface area contributed by atoms with Crippen molar-refractivity contribution in [3.63, 3.8) is 0 Å². The highest BCUT2D eigenvalue weighted by Crippen LogP contribution is 2.49. The lowest BCUT2D eigenvalue weighted by Crippen LogP contribution is -2.64. The number of carbonyl (C=O) groups is 2. The van der Waals surface area contributed by atoms with Crippen molar-refractivity contribution in [3.05, 3.63) is 29.8 Å². The number of rotatable bonds is 4. The van der Waals surface area contributed by atoms with E-state index in [1.54, 1.807) is 4.90 Å². The van der Waals surface area contributed by atoms with Gasteiger partial charge in [0.2, 0.25) is 11.8 Å². The van der Waals surface area contributed by atoms with Gasteiger partial charge in [-0.15, -0.1) is 0 Å². The van der Waals surface area contributed by atoms with Crippen LogP contribution in [-0.2, 0) is 9.59 Å². The van der Waals surface area contributed by atoms with E-state index in [0.717, 1.165) is 24.2 Å². The van der Waals surface area contributed by atoms with Crippen molar-refractivity contribution in [2.24, 2.45) is 11.7 Å². The molecule has 118 valence electrons. The van der Waals surface area contributed by atoms with E-state index in [1.165, 1.54) is 0 Å². The van der Waals surface area contributed by atoms with Gasteiger partial charge in [-0.1, -0.05) is 31.5 Å². The third-order valence-electron chi connectivity index (χ3n) is 4.79. The zero-order chi connectivity index (χ0) is 15.9. The molecule has 5 heteroatoms. The zero-order valence-corrected chi connectivity index (χ0v) is 13.0. The maximum Gasteiger partial charge on any atom is 0.238 e. The summed E-state index contributed by atoms with van der Waals surface area (Å²) in [6.45, 7) is 4.59. The molecule has 3 atom stereocenters. The molecule has 0 radical (unpaired) electrons. The maximum atomic E-state index is 12.8. The van der Waals surface area contributed by atoms with E-state index in [1.807, 2.05) is 31.2 Å². The molecular weight excluding hydrogens is 280 g/mol. The topological polar surface area (TPSA) is 72.6 Å². The second-order valence-corrected chi connectivity index (χ2v) is 6.35. The summed E-state index contributed by atoms with van der Waals surface area (Å²) >= 11 is 0. The van der Waals surface area contributed by atoms with Crippen molar-refractivity contribution in [3.8, 4) is 5.75 Å². The summed E-state index contributed by atoms with van der Waals surface area (Å²) in [6.07, 6.45) is 2.46. The van der Waals surface area contributed by atoms with Gasteiger partial charge in [0.05, 0.1) is 0 Å². The lowest BCUT2D eigenvalue weighted by molar-refractivity contribution is -0.175. The van der Waals surface area contributed by atoms with Crippen molar-refractivity contribution < 1.29 is 14.3 Å². The van der Waals surface area contributed by atoms with Gasteiger partial charge in [-0.25, -0.2) is 0 Å². The third-order valence-corrected chi connectivity index (χ3v) is 4.79. The number of primary amides is 1. The summed E-state index contributed by atoms with van der Waals surface area (Å²) in [6, 6.07) is 7.62. The Morgan fingerprint density at radius 1 is 1.45 bits per heavy atom. The number of carbonyl (C=O) groups excluding carboxylic acids is 2. The van der Waals surface area contributed by atoms with Crippen LogP contribution in [0.3, 0.4) is 0 Å². The Balaban J connectivity index is 2.07. The van der Waals surface area contributed by atoms with Gasteiger partial charge in [0, 0.05) is 18.9 Å². The minimum atomic E-state index is -0.796. The number of benzene rings is 1. The number of piperidine rings is 1. The molecule has 2 N–H and O–H groups in total. The van der Waals surface area contributed by atoms with Crippen LogP contribution in [0.25, 0.3) is 0 Å². The fraction of sp³-hybridized carbons (Fsp3) is 0.529. The Hall–Kier alpha value is -2.04. The molecule has 5 nitrogen and oxygen atoms in total. The van der Waals surface area contributed by atoms with Gasteiger partial charge in [0.15, 0.2) is 5.72 Å². The molecular formula is C17H22N2O3. The van der Waals surface area contributed by atoms with Crippen LogP contribution in [0.15, 0.2) is 24.3 Å². The van der Waals surface area contributed by atoms with Crippen LogP contribution in [0, 0.1) is 5.92 Å². The number of ether oxygens (including phenoxy) is 1. The van der Waals surface area contributed by atoms with E-state index in [0.29, 0.717) is 13.0 Å². The summed E-state index contributed by atoms with van der Waals surface area (Å²) < 4.78 is 6.15. The van der Waals surface area contributed by atoms with E-state index in [-0.39, 0.29) is 11.8 Å². The van der Waals surface area contributed by atoms with Gasteiger partial charge >= 0.3 is 0 Å². The van der Waals surface area contributed by atoms with Gasteiger partial charge in [-0.2, -0.15) is 0 Å². The van der Waals surface area contributed by atoms with Gasteiger partial charge in [-0.05, 0) is 25.0 Å². The molecule has 1 fully saturated rings. The van der Waals surface area contributed by atoms with E-state index in [2.05, 4.69) is 6.92 Å². The van der Waals surface area contributed by atoms with Crippen LogP contribution in [-0.4, -0.2) is 29.0 Å². The Morgan fingerprint density at radius 2 is 2.18 bits per heavy atom. The molecule has 3 unspecified atom stereocenters. The maximum absolute atomic E-state index is 12.8. The Kier molecular flexibility index (Phi) is 3.59. The Morgan fingerprint density at radius 3 is 2.86 bits per heavy atom. The normalized spacial score (nSPS) is 29.7. The molecule has 3 rings (SSSR count). The predicted molar refractivity (Wildman–Crippen MR) is 82.1 cm³/mol. The number of amides is 2. The van der Waals surface area contributed by atoms with Crippen LogP contribution >= 0.6 is 0 Å². The first-order valence-corrected chi connectivity index (χ1v) is 7.86. The average molecular weight is 302 g/mol. The van der Waals surface area contributed by atoms with Gasteiger partial charge in [-0.3, -0.25) is 9.59 Å². The molecule has 2 aliphatic heterocycles. The number of nitrogens with two attached hydrogens (primary N) is 1. The highest BCUT2D eigenvalue weighted by Gasteiger charge is 2.55. The second-order valence-electron chi connectivity index (χ2n) is 6.35. The van der Waals surface area contributed by atoms with Crippen LogP contribution in [0.5, 0.6) is 5.75 Å². The summed E-state index contributed by atoms with van der Waals surface area (Å²) in [4.78, 5) is 26.5. The number of nitrogens with zero attached hydrogens (tertiary/aromatic N) is 1. The molecule has 1 aromatic rings. The first-order valence-electron chi connectivity index (χ1n) is 7.86. The van der Waals surface area contributed by atoms with E-state index in [9.17, 15) is 9.59 Å². The van der Waals surface area contributed by atoms with Gasteiger partial charge < -0.3 is 15.4 Å². The number of para-hydroxylation sites is 1. The minimum Gasteiger partial charge on any atom is -0.468 e. The lowest BCUT2D eigenvalue weighted by atomic mass is 9.73. The summed E-state index contributed by atoms with van der Waals surface area (Å²) in [5, 5.41) is 0. The minimum absolute atomic E-state index is 0.196. The fourth-order valence-electron chi connectivity index (χ4n) is 3.70. The van der Waals surface area contributed by atoms with Crippen LogP contribution in [0.2, 0.25) is 0 Å². The average Bonchev–Trinajstić information content (AvgIpc) is 2.46. The molecule has 2 bridgehead atoms. The Labute approximate surface area is 130 Å². The highest BCUT2D eigenvalue weighted by molar-refractivity contribution is 6.01. The van der Waals surface area contributed by atoms with Crippen molar-refractivity contribution >= 4 is 11.8 Å². The number of unbranched alkanes of at least 4 members (excludes halogenated alkanes) is 1. The van der Waals surface area contributed by atoms with Crippen LogP contribution < -0.4 is 10.5 Å². The SMILES string of the molecule is CCCCN1C(=O)C(C(N)=O)C2CC1(C)Oc1ccccc12. The molecule has 2 amide bonds. The van der Waals surface area contributed by atoms with Gasteiger partial charge in [0.1, 0.15) is 11.7 Å². The third kappa shape index (κ3) is 2.16.